The van der Waals surface area contributed by atoms with Crippen molar-refractivity contribution in [2.24, 2.45) is 0 Å². The number of aliphatic hydroxyl groups excluding tert-OH is 1. The summed E-state index contributed by atoms with van der Waals surface area (Å²) >= 11 is 11.7. The molecular weight excluding hydrogens is 299 g/mol. The van der Waals surface area contributed by atoms with E-state index in [0.29, 0.717) is 28.7 Å². The molecule has 0 bridgehead atoms. The Labute approximate surface area is 129 Å². The molecule has 2 N–H and O–H groups in total. The van der Waals surface area contributed by atoms with Gasteiger partial charge >= 0.3 is 0 Å². The molecular formula is C14H20Cl2N2O2. The van der Waals surface area contributed by atoms with E-state index in [1.807, 2.05) is 18.7 Å². The number of carbonyl (C=O) groups excluding carboxylic acids is 1. The van der Waals surface area contributed by atoms with Crippen molar-refractivity contribution >= 4 is 34.8 Å². The van der Waals surface area contributed by atoms with E-state index in [0.717, 1.165) is 0 Å². The number of halogens is 2. The number of hydrogen-bond donors (Lipinski definition) is 2. The number of anilines is 1. The van der Waals surface area contributed by atoms with Crippen molar-refractivity contribution in [2.45, 2.75) is 26.3 Å². The zero-order valence-corrected chi connectivity index (χ0v) is 13.2. The second-order valence-electron chi connectivity index (χ2n) is 4.82. The number of hydrogen-bond acceptors (Lipinski definition) is 3. The molecule has 0 unspecified atom stereocenters. The Bertz CT molecular complexity index is 453. The Hall–Kier alpha value is -0.810. The lowest BCUT2D eigenvalue weighted by atomic mass is 10.2. The first-order valence-corrected chi connectivity index (χ1v) is 7.29. The van der Waals surface area contributed by atoms with Crippen LogP contribution in [0.5, 0.6) is 0 Å². The van der Waals surface area contributed by atoms with Gasteiger partial charge in [-0.1, -0.05) is 23.2 Å². The molecule has 1 amide bonds. The molecule has 0 radical (unpaired) electrons. The fourth-order valence-corrected chi connectivity index (χ4v) is 2.05. The minimum atomic E-state index is -0.116. The van der Waals surface area contributed by atoms with Crippen LogP contribution in [0.3, 0.4) is 0 Å². The van der Waals surface area contributed by atoms with Gasteiger partial charge in [-0.25, -0.2) is 0 Å². The number of nitrogens with one attached hydrogen (secondary N) is 1. The smallest absolute Gasteiger partial charge is 0.238 e. The summed E-state index contributed by atoms with van der Waals surface area (Å²) in [6.07, 6.45) is 0.651. The van der Waals surface area contributed by atoms with E-state index in [2.05, 4.69) is 5.32 Å². The Balaban J connectivity index is 2.58. The van der Waals surface area contributed by atoms with Crippen LogP contribution in [0.4, 0.5) is 5.69 Å². The van der Waals surface area contributed by atoms with Crippen LogP contribution in [0.15, 0.2) is 18.2 Å². The molecule has 0 aliphatic heterocycles. The van der Waals surface area contributed by atoms with Crippen molar-refractivity contribution in [3.8, 4) is 0 Å². The molecule has 0 heterocycles. The highest BCUT2D eigenvalue weighted by Crippen LogP contribution is 2.24. The van der Waals surface area contributed by atoms with Gasteiger partial charge in [-0.15, -0.1) is 0 Å². The van der Waals surface area contributed by atoms with Crippen molar-refractivity contribution in [3.05, 3.63) is 28.2 Å². The first kappa shape index (κ1) is 17.2. The van der Waals surface area contributed by atoms with Gasteiger partial charge in [0.1, 0.15) is 0 Å². The highest BCUT2D eigenvalue weighted by Gasteiger charge is 2.14. The minimum Gasteiger partial charge on any atom is -0.396 e. The van der Waals surface area contributed by atoms with E-state index in [4.69, 9.17) is 28.3 Å². The molecule has 0 spiro atoms. The number of nitrogens with zero attached hydrogens (tertiary/aromatic N) is 1. The molecule has 1 rings (SSSR count). The van der Waals surface area contributed by atoms with Crippen LogP contribution in [0.1, 0.15) is 20.3 Å². The van der Waals surface area contributed by atoms with E-state index in [1.165, 1.54) is 0 Å². The summed E-state index contributed by atoms with van der Waals surface area (Å²) in [5.74, 6) is -0.116. The van der Waals surface area contributed by atoms with Crippen LogP contribution in [0, 0.1) is 0 Å². The first-order valence-electron chi connectivity index (χ1n) is 6.54. The zero-order valence-electron chi connectivity index (χ0n) is 11.7. The van der Waals surface area contributed by atoms with Gasteiger partial charge < -0.3 is 10.4 Å². The molecule has 1 aromatic carbocycles. The van der Waals surface area contributed by atoms with Gasteiger partial charge in [0.05, 0.1) is 16.6 Å². The van der Waals surface area contributed by atoms with Gasteiger partial charge in [0.25, 0.3) is 0 Å². The van der Waals surface area contributed by atoms with Gasteiger partial charge in [0.15, 0.2) is 0 Å². The normalized spacial score (nSPS) is 11.2. The second-order valence-corrected chi connectivity index (χ2v) is 5.63. The molecule has 20 heavy (non-hydrogen) atoms. The molecule has 4 nitrogen and oxygen atoms in total. The predicted octanol–water partition coefficient (Wildman–Crippen LogP) is 3.02. The molecule has 0 aromatic heterocycles. The molecule has 0 aliphatic carbocycles. The van der Waals surface area contributed by atoms with E-state index in [9.17, 15) is 4.79 Å². The summed E-state index contributed by atoms with van der Waals surface area (Å²) in [5, 5.41) is 12.5. The van der Waals surface area contributed by atoms with Crippen molar-refractivity contribution in [1.29, 1.82) is 0 Å². The molecule has 1 aromatic rings. The maximum Gasteiger partial charge on any atom is 0.238 e. The highest BCUT2D eigenvalue weighted by molar-refractivity contribution is 6.42. The number of rotatable bonds is 7. The quantitative estimate of drug-likeness (QED) is 0.812. The maximum absolute atomic E-state index is 12.0. The van der Waals surface area contributed by atoms with Crippen LogP contribution in [-0.4, -0.2) is 41.7 Å². The topological polar surface area (TPSA) is 52.6 Å². The third-order valence-electron chi connectivity index (χ3n) is 2.88. The number of aliphatic hydroxyl groups is 1. The molecule has 0 atom stereocenters. The van der Waals surface area contributed by atoms with E-state index < -0.39 is 0 Å². The van der Waals surface area contributed by atoms with Crippen molar-refractivity contribution in [2.75, 3.05) is 25.0 Å². The van der Waals surface area contributed by atoms with Gasteiger partial charge in [-0.2, -0.15) is 0 Å². The summed E-state index contributed by atoms with van der Waals surface area (Å²) in [5.41, 5.74) is 0.621. The monoisotopic (exact) mass is 318 g/mol. The number of benzene rings is 1. The number of amides is 1. The SMILES string of the molecule is CC(C)N(CCCO)CC(=O)Nc1ccc(Cl)c(Cl)c1. The Morgan fingerprint density at radius 1 is 1.35 bits per heavy atom. The minimum absolute atomic E-state index is 0.116. The van der Waals surface area contributed by atoms with Gasteiger partial charge in [-0.05, 0) is 38.5 Å². The fraction of sp³-hybridized carbons (Fsp3) is 0.500. The molecule has 0 fully saturated rings. The summed E-state index contributed by atoms with van der Waals surface area (Å²) < 4.78 is 0. The predicted molar refractivity (Wildman–Crippen MR) is 83.5 cm³/mol. The summed E-state index contributed by atoms with van der Waals surface area (Å²) in [4.78, 5) is 14.0. The Kier molecular flexibility index (Phi) is 7.30. The highest BCUT2D eigenvalue weighted by atomic mass is 35.5. The third-order valence-corrected chi connectivity index (χ3v) is 3.62. The van der Waals surface area contributed by atoms with Crippen LogP contribution in [0.2, 0.25) is 10.0 Å². The Morgan fingerprint density at radius 3 is 2.60 bits per heavy atom. The van der Waals surface area contributed by atoms with Gasteiger partial charge in [0.2, 0.25) is 5.91 Å². The van der Waals surface area contributed by atoms with E-state index in [1.54, 1.807) is 18.2 Å². The number of carbonyl (C=O) groups is 1. The Morgan fingerprint density at radius 2 is 2.05 bits per heavy atom. The van der Waals surface area contributed by atoms with Crippen molar-refractivity contribution < 1.29 is 9.90 Å². The molecule has 112 valence electrons. The molecule has 0 saturated carbocycles. The maximum atomic E-state index is 12.0. The first-order chi connectivity index (χ1) is 9.43. The van der Waals surface area contributed by atoms with Gasteiger partial charge in [0, 0.05) is 24.9 Å². The lowest BCUT2D eigenvalue weighted by Gasteiger charge is -2.25. The second kappa shape index (κ2) is 8.47. The summed E-state index contributed by atoms with van der Waals surface area (Å²) in [7, 11) is 0. The van der Waals surface area contributed by atoms with Crippen LogP contribution < -0.4 is 5.32 Å². The van der Waals surface area contributed by atoms with E-state index >= 15 is 0 Å². The molecule has 0 aliphatic rings. The standard InChI is InChI=1S/C14H20Cl2N2O2/c1-10(2)18(6-3-7-19)9-14(20)17-11-4-5-12(15)13(16)8-11/h4-5,8,10,19H,3,6-7,9H2,1-2H3,(H,17,20). The lowest BCUT2D eigenvalue weighted by Crippen LogP contribution is -2.38. The van der Waals surface area contributed by atoms with Crippen molar-refractivity contribution in [1.82, 2.24) is 4.90 Å². The largest absolute Gasteiger partial charge is 0.396 e. The fourth-order valence-electron chi connectivity index (χ4n) is 1.75. The lowest BCUT2D eigenvalue weighted by molar-refractivity contribution is -0.117. The van der Waals surface area contributed by atoms with Gasteiger partial charge in [-0.3, -0.25) is 9.69 Å². The van der Waals surface area contributed by atoms with Crippen LogP contribution >= 0.6 is 23.2 Å². The summed E-state index contributed by atoms with van der Waals surface area (Å²) in [6, 6.07) is 5.21. The van der Waals surface area contributed by atoms with Crippen LogP contribution in [0.25, 0.3) is 0 Å². The summed E-state index contributed by atoms with van der Waals surface area (Å²) in [6.45, 7) is 5.12. The third kappa shape index (κ3) is 5.67. The average Bonchev–Trinajstić information content (AvgIpc) is 2.38. The van der Waals surface area contributed by atoms with Crippen LogP contribution in [-0.2, 0) is 4.79 Å². The van der Waals surface area contributed by atoms with E-state index in [-0.39, 0.29) is 25.1 Å². The van der Waals surface area contributed by atoms with Crippen molar-refractivity contribution in [3.63, 3.8) is 0 Å². The zero-order chi connectivity index (χ0) is 15.1. The molecule has 0 saturated heterocycles. The molecule has 6 heteroatoms. The average molecular weight is 319 g/mol.